The molecule has 0 atom stereocenters. The van der Waals surface area contributed by atoms with Crippen LogP contribution in [-0.4, -0.2) is 39.3 Å². The number of H-pyrrole nitrogens is 1. The molecule has 1 aromatic carbocycles. The third-order valence-electron chi connectivity index (χ3n) is 7.37. The first-order valence-electron chi connectivity index (χ1n) is 14.0. The van der Waals surface area contributed by atoms with E-state index < -0.39 is 0 Å². The summed E-state index contributed by atoms with van der Waals surface area (Å²) in [4.78, 5) is 18.6. The summed E-state index contributed by atoms with van der Waals surface area (Å²) in [5.41, 5.74) is 6.04. The molecule has 5 aromatic rings. The first kappa shape index (κ1) is 27.3. The number of hydrogen-bond acceptors (Lipinski definition) is 5. The molecule has 208 valence electrons. The van der Waals surface area contributed by atoms with Gasteiger partial charge in [0, 0.05) is 47.7 Å². The van der Waals surface area contributed by atoms with Crippen LogP contribution in [0.15, 0.2) is 66.0 Å². The highest BCUT2D eigenvalue weighted by Crippen LogP contribution is 2.32. The van der Waals surface area contributed by atoms with E-state index in [0.717, 1.165) is 58.6 Å². The zero-order chi connectivity index (χ0) is 28.4. The van der Waals surface area contributed by atoms with Gasteiger partial charge in [0.15, 0.2) is 5.82 Å². The number of nitrogens with one attached hydrogen (secondary N) is 1. The van der Waals surface area contributed by atoms with Crippen molar-refractivity contribution >= 4 is 0 Å². The fraction of sp³-hybridized carbons (Fsp3) is 0.387. The third-order valence-corrected chi connectivity index (χ3v) is 7.37. The zero-order valence-electron chi connectivity index (χ0n) is 24.2. The minimum Gasteiger partial charge on any atom is -0.331 e. The fourth-order valence-corrected chi connectivity index (χ4v) is 5.19. The Balaban J connectivity index is 1.59. The van der Waals surface area contributed by atoms with Crippen LogP contribution in [-0.2, 0) is 18.4 Å². The molecule has 5 rings (SSSR count). The van der Waals surface area contributed by atoms with Crippen LogP contribution in [0, 0.1) is 0 Å². The number of benzene rings is 1. The second-order valence-electron chi connectivity index (χ2n) is 11.6. The van der Waals surface area contributed by atoms with Crippen molar-refractivity contribution in [3.63, 3.8) is 0 Å². The monoisotopic (exact) mass is 538 g/mol. The lowest BCUT2D eigenvalue weighted by Crippen LogP contribution is -2.28. The first-order chi connectivity index (χ1) is 19.2. The molecule has 1 N–H and O–H groups in total. The van der Waals surface area contributed by atoms with Gasteiger partial charge in [-0.15, -0.1) is 5.10 Å². The summed E-state index contributed by atoms with van der Waals surface area (Å²) in [5, 5.41) is 14.1. The molecular formula is C31H38N8O. The van der Waals surface area contributed by atoms with Crippen molar-refractivity contribution in [3.8, 4) is 28.3 Å². The SMILES string of the molecule is CCCCc1cn(-c2c(C(C)(C)C)ccn2C(C)C)c(=O)n1Cc1cnccc1-c1ccc(-c2nnn[nH]2)cc1. The fourth-order valence-electron chi connectivity index (χ4n) is 5.19. The van der Waals surface area contributed by atoms with Crippen molar-refractivity contribution in [3.05, 3.63) is 88.5 Å². The maximum absolute atomic E-state index is 14.2. The molecule has 0 saturated heterocycles. The van der Waals surface area contributed by atoms with Crippen LogP contribution < -0.4 is 5.69 Å². The molecule has 4 heterocycles. The molecule has 4 aromatic heterocycles. The number of nitrogens with zero attached hydrogens (tertiary/aromatic N) is 7. The quantitative estimate of drug-likeness (QED) is 0.250. The van der Waals surface area contributed by atoms with E-state index in [1.165, 1.54) is 0 Å². The maximum Gasteiger partial charge on any atom is 0.334 e. The van der Waals surface area contributed by atoms with Crippen LogP contribution in [0.4, 0.5) is 0 Å². The van der Waals surface area contributed by atoms with Gasteiger partial charge >= 0.3 is 5.69 Å². The molecule has 9 nitrogen and oxygen atoms in total. The zero-order valence-corrected chi connectivity index (χ0v) is 24.2. The lowest BCUT2D eigenvalue weighted by Gasteiger charge is -2.22. The molecule has 0 aliphatic carbocycles. The second kappa shape index (κ2) is 11.1. The highest BCUT2D eigenvalue weighted by Gasteiger charge is 2.26. The average Bonchev–Trinajstić information content (AvgIpc) is 3.68. The smallest absolute Gasteiger partial charge is 0.331 e. The Hall–Kier alpha value is -4.27. The van der Waals surface area contributed by atoms with Crippen molar-refractivity contribution in [2.24, 2.45) is 0 Å². The van der Waals surface area contributed by atoms with Crippen LogP contribution in [0.3, 0.4) is 0 Å². The Labute approximate surface area is 234 Å². The predicted molar refractivity (Wildman–Crippen MR) is 158 cm³/mol. The number of hydrogen-bond donors (Lipinski definition) is 1. The van der Waals surface area contributed by atoms with Gasteiger partial charge in [-0.05, 0) is 71.4 Å². The standard InChI is InChI=1S/C31H38N8O/c1-7-8-9-25-20-39(29-27(31(4,5)6)15-17-37(29)21(2)3)30(40)38(25)19-24-18-32-16-14-26(24)22-10-12-23(13-11-22)28-33-35-36-34-28/h10-18,20-21H,7-9,19H2,1-6H3,(H,33,34,35,36). The molecule has 0 aliphatic rings. The van der Waals surface area contributed by atoms with Gasteiger partial charge in [0.05, 0.1) is 6.54 Å². The minimum atomic E-state index is -0.106. The van der Waals surface area contributed by atoms with E-state index in [1.54, 1.807) is 6.20 Å². The largest absolute Gasteiger partial charge is 0.334 e. The molecule has 40 heavy (non-hydrogen) atoms. The highest BCUT2D eigenvalue weighted by atomic mass is 16.1. The molecule has 0 saturated carbocycles. The van der Waals surface area contributed by atoms with Crippen molar-refractivity contribution in [2.75, 3.05) is 0 Å². The number of unbranched alkanes of at least 4 members (excludes halogenated alkanes) is 1. The summed E-state index contributed by atoms with van der Waals surface area (Å²) < 4.78 is 5.99. The Kier molecular flexibility index (Phi) is 7.56. The molecular weight excluding hydrogens is 500 g/mol. The maximum atomic E-state index is 14.2. The summed E-state index contributed by atoms with van der Waals surface area (Å²) in [7, 11) is 0. The molecule has 0 bridgehead atoms. The summed E-state index contributed by atoms with van der Waals surface area (Å²) in [6, 6.07) is 12.5. The van der Waals surface area contributed by atoms with Gasteiger partial charge in [0.25, 0.3) is 0 Å². The Morgan fingerprint density at radius 1 is 1.02 bits per heavy atom. The molecule has 0 unspecified atom stereocenters. The molecule has 9 heteroatoms. The number of rotatable bonds is 9. The molecule has 0 aliphatic heterocycles. The van der Waals surface area contributed by atoms with Crippen LogP contribution >= 0.6 is 0 Å². The van der Waals surface area contributed by atoms with E-state index in [1.807, 2.05) is 45.7 Å². The van der Waals surface area contributed by atoms with Gasteiger partial charge in [-0.25, -0.2) is 9.89 Å². The summed E-state index contributed by atoms with van der Waals surface area (Å²) in [6.07, 6.45) is 10.7. The van der Waals surface area contributed by atoms with E-state index in [4.69, 9.17) is 0 Å². The van der Waals surface area contributed by atoms with E-state index in [9.17, 15) is 4.79 Å². The lowest BCUT2D eigenvalue weighted by atomic mass is 9.88. The summed E-state index contributed by atoms with van der Waals surface area (Å²) >= 11 is 0. The number of pyridine rings is 1. The number of aromatic nitrogens is 8. The van der Waals surface area contributed by atoms with Gasteiger partial charge in [0.1, 0.15) is 5.82 Å². The van der Waals surface area contributed by atoms with Crippen LogP contribution in [0.25, 0.3) is 28.3 Å². The normalized spacial score (nSPS) is 12.0. The average molecular weight is 539 g/mol. The predicted octanol–water partition coefficient (Wildman–Crippen LogP) is 5.95. The van der Waals surface area contributed by atoms with E-state index in [-0.39, 0.29) is 17.1 Å². The van der Waals surface area contributed by atoms with Crippen LogP contribution in [0.1, 0.15) is 77.2 Å². The van der Waals surface area contributed by atoms with Crippen molar-refractivity contribution in [1.82, 2.24) is 39.3 Å². The number of aryl methyl sites for hydroxylation is 1. The van der Waals surface area contributed by atoms with Gasteiger partial charge in [-0.2, -0.15) is 0 Å². The van der Waals surface area contributed by atoms with E-state index in [0.29, 0.717) is 12.4 Å². The Morgan fingerprint density at radius 2 is 1.77 bits per heavy atom. The third kappa shape index (κ3) is 5.28. The van der Waals surface area contributed by atoms with Crippen molar-refractivity contribution in [2.45, 2.75) is 78.8 Å². The Bertz CT molecular complexity index is 1630. The van der Waals surface area contributed by atoms with E-state index >= 15 is 0 Å². The number of aromatic amines is 1. The lowest BCUT2D eigenvalue weighted by molar-refractivity contribution is 0.553. The molecule has 0 amide bonds. The van der Waals surface area contributed by atoms with Gasteiger partial charge in [-0.3, -0.25) is 14.1 Å². The van der Waals surface area contributed by atoms with Gasteiger partial charge in [-0.1, -0.05) is 58.4 Å². The van der Waals surface area contributed by atoms with Gasteiger partial charge in [0.2, 0.25) is 0 Å². The Morgan fingerprint density at radius 3 is 2.42 bits per heavy atom. The number of imidazole rings is 1. The van der Waals surface area contributed by atoms with Crippen LogP contribution in [0.5, 0.6) is 0 Å². The summed E-state index contributed by atoms with van der Waals surface area (Å²) in [6.45, 7) is 13.5. The van der Waals surface area contributed by atoms with Crippen LogP contribution in [0.2, 0.25) is 0 Å². The molecule has 0 spiro atoms. The number of tetrazole rings is 1. The highest BCUT2D eigenvalue weighted by molar-refractivity contribution is 5.70. The molecule has 0 fully saturated rings. The molecule has 0 radical (unpaired) electrons. The van der Waals surface area contributed by atoms with E-state index in [2.05, 4.69) is 90.2 Å². The van der Waals surface area contributed by atoms with Crippen molar-refractivity contribution in [1.29, 1.82) is 0 Å². The van der Waals surface area contributed by atoms with Crippen molar-refractivity contribution < 1.29 is 0 Å². The minimum absolute atomic E-state index is 0.0276. The second-order valence-corrected chi connectivity index (χ2v) is 11.6. The topological polar surface area (TPSA) is 99.2 Å². The van der Waals surface area contributed by atoms with Gasteiger partial charge < -0.3 is 4.57 Å². The summed E-state index contributed by atoms with van der Waals surface area (Å²) in [5.74, 6) is 1.57. The first-order valence-corrected chi connectivity index (χ1v) is 14.0.